The first kappa shape index (κ1) is 18.1. The summed E-state index contributed by atoms with van der Waals surface area (Å²) in [5, 5.41) is 0. The summed E-state index contributed by atoms with van der Waals surface area (Å²) in [6.07, 6.45) is 3.08. The first-order chi connectivity index (χ1) is 13.4. The molecule has 0 amide bonds. The van der Waals surface area contributed by atoms with Crippen molar-refractivity contribution in [3.8, 4) is 0 Å². The smallest absolute Gasteiger partial charge is 0.408 e. The molecule has 2 aromatic heterocycles. The van der Waals surface area contributed by atoms with Crippen LogP contribution in [-0.2, 0) is 10.0 Å². The molecular weight excluding hydrogens is 385 g/mol. The van der Waals surface area contributed by atoms with E-state index >= 15 is 0 Å². The average molecular weight is 399 g/mol. The number of H-pyrrole nitrogens is 1. The van der Waals surface area contributed by atoms with Crippen LogP contribution in [0.25, 0.3) is 11.1 Å². The number of benzene rings is 2. The number of aromatic amines is 1. The van der Waals surface area contributed by atoms with Gasteiger partial charge in [0.15, 0.2) is 5.58 Å². The third-order valence-corrected chi connectivity index (χ3v) is 5.64. The van der Waals surface area contributed by atoms with Crippen LogP contribution in [0.2, 0.25) is 0 Å². The Kier molecular flexibility index (Phi) is 4.54. The maximum Gasteiger partial charge on any atom is 0.417 e. The Hall–Kier alpha value is -3.30. The van der Waals surface area contributed by atoms with Crippen LogP contribution >= 0.6 is 0 Å². The quantitative estimate of drug-likeness (QED) is 0.537. The monoisotopic (exact) mass is 399 g/mol. The summed E-state index contributed by atoms with van der Waals surface area (Å²) in [4.78, 5) is 17.6. The number of oxazole rings is 1. The molecule has 2 heterocycles. The van der Waals surface area contributed by atoms with Crippen molar-refractivity contribution in [2.75, 3.05) is 0 Å². The van der Waals surface area contributed by atoms with Crippen molar-refractivity contribution >= 4 is 21.1 Å². The van der Waals surface area contributed by atoms with Gasteiger partial charge in [-0.3, -0.25) is 9.97 Å². The molecule has 9 heteroatoms. The van der Waals surface area contributed by atoms with Crippen molar-refractivity contribution in [2.45, 2.75) is 10.9 Å². The molecule has 0 aliphatic heterocycles. The van der Waals surface area contributed by atoms with Gasteiger partial charge in [0, 0.05) is 18.5 Å². The third-order valence-electron chi connectivity index (χ3n) is 4.22. The van der Waals surface area contributed by atoms with E-state index in [1.165, 1.54) is 42.5 Å². The molecule has 1 atom stereocenters. The predicted octanol–water partition coefficient (Wildman–Crippen LogP) is 2.72. The lowest BCUT2D eigenvalue weighted by Crippen LogP contribution is -2.29. The Labute approximate surface area is 158 Å². The first-order valence-electron chi connectivity index (χ1n) is 8.23. The lowest BCUT2D eigenvalue weighted by molar-refractivity contribution is 0.552. The van der Waals surface area contributed by atoms with Gasteiger partial charge in [-0.25, -0.2) is 17.6 Å². The van der Waals surface area contributed by atoms with E-state index in [-0.39, 0.29) is 10.5 Å². The minimum Gasteiger partial charge on any atom is -0.408 e. The van der Waals surface area contributed by atoms with Crippen molar-refractivity contribution in [3.63, 3.8) is 0 Å². The number of fused-ring (bicyclic) bond motifs is 1. The second-order valence-corrected chi connectivity index (χ2v) is 7.77. The molecule has 1 unspecified atom stereocenters. The van der Waals surface area contributed by atoms with Crippen molar-refractivity contribution in [2.24, 2.45) is 0 Å². The highest BCUT2D eigenvalue weighted by atomic mass is 32.2. The van der Waals surface area contributed by atoms with Gasteiger partial charge in [-0.1, -0.05) is 12.1 Å². The zero-order valence-electron chi connectivity index (χ0n) is 14.3. The summed E-state index contributed by atoms with van der Waals surface area (Å²) in [5.41, 5.74) is 1.73. The fourth-order valence-corrected chi connectivity index (χ4v) is 4.08. The van der Waals surface area contributed by atoms with Gasteiger partial charge in [-0.2, -0.15) is 4.72 Å². The molecule has 0 saturated heterocycles. The number of halogens is 1. The second-order valence-electron chi connectivity index (χ2n) is 6.06. The summed E-state index contributed by atoms with van der Waals surface area (Å²) in [5.74, 6) is -1.09. The number of hydrogen-bond acceptors (Lipinski definition) is 5. The minimum absolute atomic E-state index is 0.0658. The van der Waals surface area contributed by atoms with Crippen molar-refractivity contribution in [1.82, 2.24) is 14.7 Å². The van der Waals surface area contributed by atoms with E-state index in [1.54, 1.807) is 24.5 Å². The fourth-order valence-electron chi connectivity index (χ4n) is 2.86. The Bertz CT molecular complexity index is 1280. The maximum atomic E-state index is 13.3. The molecule has 4 aromatic rings. The van der Waals surface area contributed by atoms with Crippen LogP contribution in [0.4, 0.5) is 4.39 Å². The molecule has 0 saturated carbocycles. The second kappa shape index (κ2) is 7.02. The molecule has 0 aliphatic rings. The summed E-state index contributed by atoms with van der Waals surface area (Å²) in [6.45, 7) is 0. The van der Waals surface area contributed by atoms with Crippen LogP contribution in [-0.4, -0.2) is 18.4 Å². The minimum atomic E-state index is -3.99. The Morgan fingerprint density at radius 3 is 2.39 bits per heavy atom. The maximum absolute atomic E-state index is 13.3. The Morgan fingerprint density at radius 1 is 1.00 bits per heavy atom. The molecule has 2 aromatic carbocycles. The van der Waals surface area contributed by atoms with E-state index in [9.17, 15) is 17.6 Å². The van der Waals surface area contributed by atoms with E-state index in [2.05, 4.69) is 14.7 Å². The normalized spacial score (nSPS) is 12.9. The van der Waals surface area contributed by atoms with Gasteiger partial charge >= 0.3 is 5.76 Å². The van der Waals surface area contributed by atoms with Crippen LogP contribution in [0.5, 0.6) is 0 Å². The molecule has 0 aliphatic carbocycles. The largest absolute Gasteiger partial charge is 0.417 e. The first-order valence-corrected chi connectivity index (χ1v) is 9.71. The van der Waals surface area contributed by atoms with Crippen LogP contribution in [0.3, 0.4) is 0 Å². The molecule has 7 nitrogen and oxygen atoms in total. The number of nitrogens with zero attached hydrogens (tertiary/aromatic N) is 1. The molecule has 142 valence electrons. The highest BCUT2D eigenvalue weighted by Gasteiger charge is 2.24. The van der Waals surface area contributed by atoms with E-state index in [4.69, 9.17) is 4.42 Å². The lowest BCUT2D eigenvalue weighted by atomic mass is 10.0. The van der Waals surface area contributed by atoms with Gasteiger partial charge in [-0.15, -0.1) is 0 Å². The number of pyridine rings is 1. The van der Waals surface area contributed by atoms with Crippen LogP contribution in [0.15, 0.2) is 81.1 Å². The molecular formula is C19H14FN3O4S. The van der Waals surface area contributed by atoms with Gasteiger partial charge in [0.05, 0.1) is 16.5 Å². The molecule has 0 spiro atoms. The molecule has 2 N–H and O–H groups in total. The van der Waals surface area contributed by atoms with E-state index in [0.717, 1.165) is 0 Å². The van der Waals surface area contributed by atoms with Crippen LogP contribution in [0, 0.1) is 5.82 Å². The van der Waals surface area contributed by atoms with Crippen molar-refractivity contribution in [1.29, 1.82) is 0 Å². The highest BCUT2D eigenvalue weighted by Crippen LogP contribution is 2.25. The van der Waals surface area contributed by atoms with Gasteiger partial charge < -0.3 is 4.42 Å². The SMILES string of the molecule is O=c1[nH]c2ccc(S(=O)(=O)NC(c3ccncc3)c3ccc(F)cc3)cc2o1. The van der Waals surface area contributed by atoms with E-state index in [1.807, 2.05) is 0 Å². The van der Waals surface area contributed by atoms with E-state index in [0.29, 0.717) is 16.6 Å². The Morgan fingerprint density at radius 2 is 1.68 bits per heavy atom. The van der Waals surface area contributed by atoms with Crippen molar-refractivity contribution in [3.05, 3.63) is 94.5 Å². The number of aromatic nitrogens is 2. The van der Waals surface area contributed by atoms with Gasteiger partial charge in [0.25, 0.3) is 0 Å². The van der Waals surface area contributed by atoms with E-state index < -0.39 is 27.6 Å². The molecule has 0 radical (unpaired) electrons. The topological polar surface area (TPSA) is 105 Å². The number of hydrogen-bond donors (Lipinski definition) is 2. The number of nitrogens with one attached hydrogen (secondary N) is 2. The number of sulfonamides is 1. The molecule has 0 fully saturated rings. The lowest BCUT2D eigenvalue weighted by Gasteiger charge is -2.20. The summed E-state index contributed by atoms with van der Waals surface area (Å²) in [6, 6.07) is 12.2. The van der Waals surface area contributed by atoms with Crippen LogP contribution < -0.4 is 10.5 Å². The summed E-state index contributed by atoms with van der Waals surface area (Å²) in [7, 11) is -3.99. The zero-order valence-corrected chi connectivity index (χ0v) is 15.1. The van der Waals surface area contributed by atoms with Crippen molar-refractivity contribution < 1.29 is 17.2 Å². The third kappa shape index (κ3) is 3.57. The van der Waals surface area contributed by atoms with Gasteiger partial charge in [-0.05, 0) is 47.5 Å². The number of rotatable bonds is 5. The summed E-state index contributed by atoms with van der Waals surface area (Å²) >= 11 is 0. The molecule has 28 heavy (non-hydrogen) atoms. The fraction of sp³-hybridized carbons (Fsp3) is 0.0526. The molecule has 0 bridgehead atoms. The van der Waals surface area contributed by atoms with Gasteiger partial charge in [0.2, 0.25) is 10.0 Å². The Balaban J connectivity index is 1.75. The van der Waals surface area contributed by atoms with Crippen LogP contribution in [0.1, 0.15) is 17.2 Å². The predicted molar refractivity (Wildman–Crippen MR) is 99.6 cm³/mol. The zero-order chi connectivity index (χ0) is 19.7. The van der Waals surface area contributed by atoms with Gasteiger partial charge in [0.1, 0.15) is 5.82 Å². The molecule has 4 rings (SSSR count). The summed E-state index contributed by atoms with van der Waals surface area (Å²) < 4.78 is 46.8. The highest BCUT2D eigenvalue weighted by molar-refractivity contribution is 7.89. The standard InChI is InChI=1S/C19H14FN3O4S/c20-14-3-1-12(2-4-14)18(13-7-9-21-10-8-13)23-28(25,26)15-5-6-16-17(11-15)27-19(24)22-16/h1-11,18,23H,(H,22,24). The average Bonchev–Trinajstić information content (AvgIpc) is 3.07.